The summed E-state index contributed by atoms with van der Waals surface area (Å²) in [7, 11) is 3.29. The molecule has 0 unspecified atom stereocenters. The Morgan fingerprint density at radius 3 is 2.09 bits per heavy atom. The molecule has 0 aromatic heterocycles. The molecule has 0 aliphatic rings. The van der Waals surface area contributed by atoms with Crippen LogP contribution < -0.4 is 4.74 Å². The highest BCUT2D eigenvalue weighted by atomic mass is 16.6. The van der Waals surface area contributed by atoms with Crippen LogP contribution >= 0.6 is 0 Å². The number of benzene rings is 1. The molecular formula is C17H26O5. The Bertz CT molecular complexity index is 402. The average molecular weight is 310 g/mol. The molecule has 0 atom stereocenters. The number of hydrogen-bond acceptors (Lipinski definition) is 5. The molecule has 0 aliphatic heterocycles. The molecule has 0 heterocycles. The van der Waals surface area contributed by atoms with Gasteiger partial charge in [-0.05, 0) is 43.5 Å². The minimum absolute atomic E-state index is 0.261. The number of methoxy groups -OCH3 is 2. The van der Waals surface area contributed by atoms with E-state index in [1.54, 1.807) is 38.5 Å². The zero-order chi connectivity index (χ0) is 16.0. The molecule has 0 fully saturated rings. The standard InChI is InChI=1S/C17H26O5/c1-19-11-5-3-4-6-12-21-16-9-7-15(8-10-16)17(18)22-14-13-20-2/h7-10H,3-6,11-14H2,1-2H3. The molecule has 124 valence electrons. The number of unbranched alkanes of at least 4 members (excludes halogenated alkanes) is 3. The molecule has 1 aromatic rings. The van der Waals surface area contributed by atoms with Gasteiger partial charge >= 0.3 is 5.97 Å². The molecule has 22 heavy (non-hydrogen) atoms. The van der Waals surface area contributed by atoms with Crippen molar-refractivity contribution >= 4 is 5.97 Å². The SMILES string of the molecule is COCCCCCCOc1ccc(C(=O)OCCOC)cc1. The Hall–Kier alpha value is -1.59. The van der Waals surface area contributed by atoms with Gasteiger partial charge in [-0.15, -0.1) is 0 Å². The lowest BCUT2D eigenvalue weighted by Gasteiger charge is -2.07. The lowest BCUT2D eigenvalue weighted by Crippen LogP contribution is -2.09. The molecule has 0 radical (unpaired) electrons. The van der Waals surface area contributed by atoms with Crippen LogP contribution in [0.3, 0.4) is 0 Å². The highest BCUT2D eigenvalue weighted by Crippen LogP contribution is 2.14. The first-order valence-electron chi connectivity index (χ1n) is 7.65. The highest BCUT2D eigenvalue weighted by molar-refractivity contribution is 5.89. The normalized spacial score (nSPS) is 10.5. The van der Waals surface area contributed by atoms with E-state index in [4.69, 9.17) is 18.9 Å². The summed E-state index contributed by atoms with van der Waals surface area (Å²) in [6.07, 6.45) is 4.40. The van der Waals surface area contributed by atoms with Crippen LogP contribution in [-0.4, -0.2) is 46.6 Å². The molecular weight excluding hydrogens is 284 g/mol. The second-order valence-corrected chi connectivity index (χ2v) is 4.91. The molecule has 0 bridgehead atoms. The molecule has 0 spiro atoms. The van der Waals surface area contributed by atoms with Gasteiger partial charge in [0.15, 0.2) is 0 Å². The Balaban J connectivity index is 2.20. The van der Waals surface area contributed by atoms with E-state index in [1.807, 2.05) is 0 Å². The van der Waals surface area contributed by atoms with Crippen LogP contribution in [0, 0.1) is 0 Å². The van der Waals surface area contributed by atoms with Crippen LogP contribution in [-0.2, 0) is 14.2 Å². The summed E-state index contributed by atoms with van der Waals surface area (Å²) < 4.78 is 20.5. The Morgan fingerprint density at radius 1 is 0.818 bits per heavy atom. The first-order chi connectivity index (χ1) is 10.8. The van der Waals surface area contributed by atoms with Crippen molar-refractivity contribution in [2.75, 3.05) is 40.6 Å². The van der Waals surface area contributed by atoms with Crippen LogP contribution in [0.2, 0.25) is 0 Å². The van der Waals surface area contributed by atoms with E-state index in [0.717, 1.165) is 38.0 Å². The van der Waals surface area contributed by atoms with E-state index in [9.17, 15) is 4.79 Å². The van der Waals surface area contributed by atoms with E-state index in [1.165, 1.54) is 0 Å². The van der Waals surface area contributed by atoms with Gasteiger partial charge in [0.2, 0.25) is 0 Å². The van der Waals surface area contributed by atoms with Crippen LogP contribution in [0.5, 0.6) is 5.75 Å². The van der Waals surface area contributed by atoms with Crippen molar-refractivity contribution in [3.8, 4) is 5.75 Å². The van der Waals surface area contributed by atoms with Crippen molar-refractivity contribution in [2.45, 2.75) is 25.7 Å². The lowest BCUT2D eigenvalue weighted by atomic mass is 10.2. The maximum atomic E-state index is 11.7. The van der Waals surface area contributed by atoms with Crippen LogP contribution in [0.1, 0.15) is 36.0 Å². The molecule has 5 nitrogen and oxygen atoms in total. The van der Waals surface area contributed by atoms with Gasteiger partial charge in [0.05, 0.1) is 18.8 Å². The first kappa shape index (κ1) is 18.5. The number of ether oxygens (including phenoxy) is 4. The van der Waals surface area contributed by atoms with Gasteiger partial charge in [-0.3, -0.25) is 0 Å². The van der Waals surface area contributed by atoms with Crippen LogP contribution in [0.25, 0.3) is 0 Å². The number of hydrogen-bond donors (Lipinski definition) is 0. The van der Waals surface area contributed by atoms with Crippen molar-refractivity contribution in [3.05, 3.63) is 29.8 Å². The summed E-state index contributed by atoms with van der Waals surface area (Å²) in [5.41, 5.74) is 0.517. The van der Waals surface area contributed by atoms with Crippen LogP contribution in [0.15, 0.2) is 24.3 Å². The van der Waals surface area contributed by atoms with Crippen molar-refractivity contribution in [1.29, 1.82) is 0 Å². The van der Waals surface area contributed by atoms with Crippen molar-refractivity contribution < 1.29 is 23.7 Å². The van der Waals surface area contributed by atoms with Crippen molar-refractivity contribution in [1.82, 2.24) is 0 Å². The van der Waals surface area contributed by atoms with E-state index in [0.29, 0.717) is 18.8 Å². The fourth-order valence-corrected chi connectivity index (χ4v) is 1.88. The smallest absolute Gasteiger partial charge is 0.338 e. The summed E-state index contributed by atoms with van der Waals surface area (Å²) in [5.74, 6) is 0.423. The number of carbonyl (C=O) groups excluding carboxylic acids is 1. The molecule has 0 saturated heterocycles. The van der Waals surface area contributed by atoms with Gasteiger partial charge in [-0.25, -0.2) is 4.79 Å². The summed E-state index contributed by atoms with van der Waals surface area (Å²) in [6.45, 7) is 2.17. The summed E-state index contributed by atoms with van der Waals surface area (Å²) in [5, 5.41) is 0. The third kappa shape index (κ3) is 8.00. The molecule has 5 heteroatoms. The number of rotatable bonds is 12. The van der Waals surface area contributed by atoms with E-state index in [2.05, 4.69) is 0 Å². The fourth-order valence-electron chi connectivity index (χ4n) is 1.88. The summed E-state index contributed by atoms with van der Waals surface area (Å²) >= 11 is 0. The minimum atomic E-state index is -0.346. The zero-order valence-electron chi connectivity index (χ0n) is 13.5. The molecule has 1 rings (SSSR count). The fraction of sp³-hybridized carbons (Fsp3) is 0.588. The topological polar surface area (TPSA) is 54.0 Å². The van der Waals surface area contributed by atoms with Gasteiger partial charge in [-0.2, -0.15) is 0 Å². The molecule has 0 N–H and O–H groups in total. The van der Waals surface area contributed by atoms with E-state index < -0.39 is 0 Å². The maximum Gasteiger partial charge on any atom is 0.338 e. The minimum Gasteiger partial charge on any atom is -0.494 e. The Labute approximate surface area is 132 Å². The zero-order valence-corrected chi connectivity index (χ0v) is 13.5. The van der Waals surface area contributed by atoms with E-state index >= 15 is 0 Å². The predicted octanol–water partition coefficient (Wildman–Crippen LogP) is 3.08. The molecule has 1 aromatic carbocycles. The van der Waals surface area contributed by atoms with Gasteiger partial charge < -0.3 is 18.9 Å². The second-order valence-electron chi connectivity index (χ2n) is 4.91. The molecule has 0 saturated carbocycles. The molecule has 0 aliphatic carbocycles. The quantitative estimate of drug-likeness (QED) is 0.439. The number of esters is 1. The van der Waals surface area contributed by atoms with Crippen molar-refractivity contribution in [3.63, 3.8) is 0 Å². The van der Waals surface area contributed by atoms with Gasteiger partial charge in [0, 0.05) is 20.8 Å². The van der Waals surface area contributed by atoms with Crippen molar-refractivity contribution in [2.24, 2.45) is 0 Å². The summed E-state index contributed by atoms with van der Waals surface area (Å²) in [4.78, 5) is 11.7. The monoisotopic (exact) mass is 310 g/mol. The Kier molecular flexibility index (Phi) is 10.1. The van der Waals surface area contributed by atoms with E-state index in [-0.39, 0.29) is 12.6 Å². The Morgan fingerprint density at radius 2 is 1.45 bits per heavy atom. The second kappa shape index (κ2) is 12.0. The highest BCUT2D eigenvalue weighted by Gasteiger charge is 2.06. The maximum absolute atomic E-state index is 11.7. The number of carbonyl (C=O) groups is 1. The third-order valence-electron chi connectivity index (χ3n) is 3.12. The first-order valence-corrected chi connectivity index (χ1v) is 7.65. The molecule has 0 amide bonds. The largest absolute Gasteiger partial charge is 0.494 e. The average Bonchev–Trinajstić information content (AvgIpc) is 2.55. The lowest BCUT2D eigenvalue weighted by molar-refractivity contribution is 0.0388. The summed E-state index contributed by atoms with van der Waals surface area (Å²) in [6, 6.07) is 7.00. The third-order valence-corrected chi connectivity index (χ3v) is 3.12. The van der Waals surface area contributed by atoms with Gasteiger partial charge in [0.25, 0.3) is 0 Å². The van der Waals surface area contributed by atoms with Crippen LogP contribution in [0.4, 0.5) is 0 Å². The van der Waals surface area contributed by atoms with Gasteiger partial charge in [0.1, 0.15) is 12.4 Å². The predicted molar refractivity (Wildman–Crippen MR) is 84.4 cm³/mol. The van der Waals surface area contributed by atoms with Gasteiger partial charge in [-0.1, -0.05) is 6.42 Å².